The van der Waals surface area contributed by atoms with Crippen LogP contribution in [0.4, 0.5) is 0 Å². The van der Waals surface area contributed by atoms with Crippen molar-refractivity contribution in [1.29, 1.82) is 0 Å². The summed E-state index contributed by atoms with van der Waals surface area (Å²) in [5, 5.41) is 0.442. The maximum atomic E-state index is 12.7. The molecule has 2 aromatic rings. The first-order chi connectivity index (χ1) is 13.2. The molecule has 0 radical (unpaired) electrons. The lowest BCUT2D eigenvalue weighted by Crippen LogP contribution is -2.11. The molecular weight excluding hydrogens is 443 g/mol. The van der Waals surface area contributed by atoms with Gasteiger partial charge in [0.05, 0.1) is 6.61 Å². The maximum Gasteiger partial charge on any atom is 0.440 e. The van der Waals surface area contributed by atoms with Gasteiger partial charge in [0.25, 0.3) is 0 Å². The molecule has 0 aliphatic rings. The Morgan fingerprint density at radius 3 is 2.29 bits per heavy atom. The van der Waals surface area contributed by atoms with E-state index in [-0.39, 0.29) is 17.3 Å². The van der Waals surface area contributed by atoms with Crippen molar-refractivity contribution in [2.45, 2.75) is 32.1 Å². The predicted octanol–water partition coefficient (Wildman–Crippen LogP) is 6.08. The van der Waals surface area contributed by atoms with E-state index in [4.69, 9.17) is 24.8 Å². The topological polar surface area (TPSA) is 78.9 Å². The van der Waals surface area contributed by atoms with Gasteiger partial charge in [-0.25, -0.2) is 4.57 Å². The van der Waals surface area contributed by atoms with E-state index >= 15 is 0 Å². The third-order valence-corrected chi connectivity index (χ3v) is 8.99. The SMILES string of the molecule is CCCSP(=O)(OCC)Oc1ccc(OS(=O)(=O)c2ccc(Cl)cc2C)cc1. The number of hydrogen-bond donors (Lipinski definition) is 0. The van der Waals surface area contributed by atoms with Gasteiger partial charge in [-0.1, -0.05) is 18.5 Å². The van der Waals surface area contributed by atoms with Crippen LogP contribution in [0, 0.1) is 6.92 Å². The summed E-state index contributed by atoms with van der Waals surface area (Å²) in [6.07, 6.45) is 0.833. The predicted molar refractivity (Wildman–Crippen MR) is 113 cm³/mol. The van der Waals surface area contributed by atoms with Crippen LogP contribution >= 0.6 is 29.8 Å². The second kappa shape index (κ2) is 10.0. The van der Waals surface area contributed by atoms with E-state index in [1.54, 1.807) is 19.9 Å². The molecule has 0 spiro atoms. The van der Waals surface area contributed by atoms with Gasteiger partial charge in [-0.3, -0.25) is 4.52 Å². The van der Waals surface area contributed by atoms with Crippen LogP contribution < -0.4 is 8.71 Å². The molecule has 0 N–H and O–H groups in total. The van der Waals surface area contributed by atoms with Crippen LogP contribution in [0.25, 0.3) is 0 Å². The molecule has 1 atom stereocenters. The quantitative estimate of drug-likeness (QED) is 0.311. The molecule has 0 fully saturated rings. The second-order valence-corrected chi connectivity index (χ2v) is 11.8. The number of halogens is 1. The first kappa shape index (κ1) is 23.1. The molecular formula is C18H22ClO6PS2. The van der Waals surface area contributed by atoms with Gasteiger partial charge in [-0.2, -0.15) is 8.42 Å². The maximum absolute atomic E-state index is 12.7. The van der Waals surface area contributed by atoms with E-state index in [0.29, 0.717) is 22.1 Å². The molecule has 154 valence electrons. The van der Waals surface area contributed by atoms with Crippen LogP contribution in [-0.2, 0) is 19.2 Å². The largest absolute Gasteiger partial charge is 0.440 e. The Balaban J connectivity index is 2.14. The van der Waals surface area contributed by atoms with Crippen molar-refractivity contribution in [3.8, 4) is 11.5 Å². The molecule has 2 aromatic carbocycles. The zero-order valence-corrected chi connectivity index (χ0v) is 19.0. The molecule has 10 heteroatoms. The van der Waals surface area contributed by atoms with Gasteiger partial charge >= 0.3 is 16.9 Å². The van der Waals surface area contributed by atoms with Crippen LogP contribution in [-0.4, -0.2) is 20.8 Å². The molecule has 2 rings (SSSR count). The summed E-state index contributed by atoms with van der Waals surface area (Å²) < 4.78 is 53.6. The lowest BCUT2D eigenvalue weighted by Gasteiger charge is -2.17. The van der Waals surface area contributed by atoms with Crippen molar-refractivity contribution < 1.29 is 26.2 Å². The first-order valence-electron chi connectivity index (χ1n) is 8.58. The zero-order chi connectivity index (χ0) is 20.8. The molecule has 0 aromatic heterocycles. The molecule has 0 aliphatic heterocycles. The van der Waals surface area contributed by atoms with Crippen molar-refractivity contribution in [3.05, 3.63) is 53.1 Å². The molecule has 28 heavy (non-hydrogen) atoms. The minimum absolute atomic E-state index is 0.0361. The summed E-state index contributed by atoms with van der Waals surface area (Å²) in [6.45, 7) is 2.28. The Bertz CT molecular complexity index is 947. The number of aryl methyl sites for hydroxylation is 1. The highest BCUT2D eigenvalue weighted by atomic mass is 35.5. The Kier molecular flexibility index (Phi) is 8.28. The highest BCUT2D eigenvalue weighted by molar-refractivity contribution is 8.55. The Morgan fingerprint density at radius 2 is 1.71 bits per heavy atom. The summed E-state index contributed by atoms with van der Waals surface area (Å²) in [5.41, 5.74) is 0.484. The number of benzene rings is 2. The molecule has 0 saturated carbocycles. The average molecular weight is 465 g/mol. The van der Waals surface area contributed by atoms with Crippen molar-refractivity contribution in [2.24, 2.45) is 0 Å². The average Bonchev–Trinajstić information content (AvgIpc) is 2.61. The van der Waals surface area contributed by atoms with E-state index in [0.717, 1.165) is 17.8 Å². The van der Waals surface area contributed by atoms with E-state index in [1.807, 2.05) is 6.92 Å². The third-order valence-electron chi connectivity index (χ3n) is 3.39. The van der Waals surface area contributed by atoms with E-state index < -0.39 is 16.9 Å². The van der Waals surface area contributed by atoms with Crippen LogP contribution in [0.15, 0.2) is 47.4 Å². The van der Waals surface area contributed by atoms with Gasteiger partial charge < -0.3 is 8.71 Å². The van der Waals surface area contributed by atoms with E-state index in [1.165, 1.54) is 36.4 Å². The molecule has 1 unspecified atom stereocenters. The van der Waals surface area contributed by atoms with Crippen LogP contribution in [0.5, 0.6) is 11.5 Å². The molecule has 0 aliphatic carbocycles. The summed E-state index contributed by atoms with van der Waals surface area (Å²) in [5.74, 6) is 1.04. The van der Waals surface area contributed by atoms with E-state index in [9.17, 15) is 13.0 Å². The zero-order valence-electron chi connectivity index (χ0n) is 15.8. The lowest BCUT2D eigenvalue weighted by molar-refractivity contribution is 0.296. The van der Waals surface area contributed by atoms with Gasteiger partial charge in [0.1, 0.15) is 16.4 Å². The van der Waals surface area contributed by atoms with Crippen LogP contribution in [0.1, 0.15) is 25.8 Å². The van der Waals surface area contributed by atoms with Crippen molar-refractivity contribution >= 4 is 39.9 Å². The highest BCUT2D eigenvalue weighted by Crippen LogP contribution is 2.60. The van der Waals surface area contributed by atoms with Gasteiger partial charge in [0.15, 0.2) is 0 Å². The Morgan fingerprint density at radius 1 is 1.07 bits per heavy atom. The Labute approximate surface area is 174 Å². The summed E-state index contributed by atoms with van der Waals surface area (Å²) in [4.78, 5) is 0.0361. The molecule has 0 saturated heterocycles. The molecule has 0 bridgehead atoms. The minimum atomic E-state index is -4.01. The van der Waals surface area contributed by atoms with Gasteiger partial charge in [-0.15, -0.1) is 0 Å². The van der Waals surface area contributed by atoms with Crippen LogP contribution in [0.3, 0.4) is 0 Å². The normalized spacial score (nSPS) is 13.7. The van der Waals surface area contributed by atoms with Crippen LogP contribution in [0.2, 0.25) is 5.02 Å². The second-order valence-electron chi connectivity index (χ2n) is 5.71. The fourth-order valence-corrected chi connectivity index (χ4v) is 7.03. The van der Waals surface area contributed by atoms with Gasteiger partial charge in [0, 0.05) is 10.8 Å². The van der Waals surface area contributed by atoms with Crippen molar-refractivity contribution in [1.82, 2.24) is 0 Å². The molecule has 0 heterocycles. The standard InChI is InChI=1S/C18H22ClO6PS2/c1-4-12-27-26(20,23-5-2)24-16-7-9-17(10-8-16)25-28(21,22)18-11-6-15(19)13-14(18)3/h6-11,13H,4-5,12H2,1-3H3. The first-order valence-corrected chi connectivity index (χ1v) is 13.5. The minimum Gasteiger partial charge on any atom is -0.417 e. The van der Waals surface area contributed by atoms with Crippen molar-refractivity contribution in [2.75, 3.05) is 12.4 Å². The monoisotopic (exact) mass is 464 g/mol. The van der Waals surface area contributed by atoms with E-state index in [2.05, 4.69) is 0 Å². The molecule has 6 nitrogen and oxygen atoms in total. The number of hydrogen-bond acceptors (Lipinski definition) is 7. The Hall–Kier alpha value is -1.18. The lowest BCUT2D eigenvalue weighted by atomic mass is 10.2. The van der Waals surface area contributed by atoms with Crippen molar-refractivity contribution in [3.63, 3.8) is 0 Å². The van der Waals surface area contributed by atoms with Gasteiger partial charge in [0.2, 0.25) is 0 Å². The van der Waals surface area contributed by atoms with Gasteiger partial charge in [-0.05, 0) is 79.7 Å². The smallest absolute Gasteiger partial charge is 0.417 e. The fourth-order valence-electron chi connectivity index (χ4n) is 2.20. The fraction of sp³-hybridized carbons (Fsp3) is 0.333. The third kappa shape index (κ3) is 6.42. The highest BCUT2D eigenvalue weighted by Gasteiger charge is 2.26. The summed E-state index contributed by atoms with van der Waals surface area (Å²) in [6, 6.07) is 10.3. The molecule has 0 amide bonds. The number of rotatable bonds is 10. The summed E-state index contributed by atoms with van der Waals surface area (Å²) in [7, 11) is -4.01. The summed E-state index contributed by atoms with van der Waals surface area (Å²) >= 11 is 7.00.